The molecular weight excluding hydrogens is 568 g/mol. The van der Waals surface area contributed by atoms with Crippen molar-refractivity contribution in [3.05, 3.63) is 94.6 Å². The Morgan fingerprint density at radius 2 is 1.18 bits per heavy atom. The van der Waals surface area contributed by atoms with Gasteiger partial charge < -0.3 is 22.7 Å². The normalized spacial score (nSPS) is 12.9. The number of amides is 2. The number of nitrogens with two attached hydrogens (primary N) is 2. The Morgan fingerprint density at radius 3 is 1.59 bits per heavy atom. The largest absolute Gasteiger partial charge is 1.00 e. The van der Waals surface area contributed by atoms with Crippen LogP contribution in [0.4, 0.5) is 23.3 Å². The maximum atomic E-state index is 12.2. The summed E-state index contributed by atoms with van der Waals surface area (Å²) in [5, 5.41) is 9.00. The molecule has 0 saturated heterocycles. The van der Waals surface area contributed by atoms with Crippen molar-refractivity contribution in [2.75, 3.05) is 28.4 Å². The van der Waals surface area contributed by atoms with Gasteiger partial charge >= 0.3 is 11.9 Å². The van der Waals surface area contributed by atoms with Gasteiger partial charge in [-0.05, 0) is 11.1 Å². The first kappa shape index (κ1) is 31.0. The van der Waals surface area contributed by atoms with E-state index in [1.165, 1.54) is 16.9 Å². The number of fused-ring (bicyclic) bond motifs is 2. The minimum Gasteiger partial charge on any atom is -1.00 e. The van der Waals surface area contributed by atoms with Gasteiger partial charge in [0.25, 0.3) is 0 Å². The van der Waals surface area contributed by atoms with Crippen molar-refractivity contribution in [2.45, 2.75) is 33.4 Å². The molecular formula is C30H31N8O6-. The van der Waals surface area contributed by atoms with Crippen molar-refractivity contribution in [1.82, 2.24) is 19.9 Å². The van der Waals surface area contributed by atoms with Crippen LogP contribution in [0.3, 0.4) is 0 Å². The summed E-state index contributed by atoms with van der Waals surface area (Å²) in [5.74, 6) is -1.96. The Bertz CT molecular complexity index is 1740. The number of esters is 1. The maximum Gasteiger partial charge on any atom is 0.376 e. The van der Waals surface area contributed by atoms with Gasteiger partial charge in [0, 0.05) is 11.1 Å². The smallest absolute Gasteiger partial charge is 0.376 e. The van der Waals surface area contributed by atoms with Gasteiger partial charge in [0.2, 0.25) is 23.5 Å². The Morgan fingerprint density at radius 1 is 0.773 bits per heavy atom. The minimum atomic E-state index is -1.27. The third-order valence-corrected chi connectivity index (χ3v) is 6.73. The number of anilines is 4. The van der Waals surface area contributed by atoms with E-state index in [-0.39, 0.29) is 56.8 Å². The Hall–Kier alpha value is -5.92. The summed E-state index contributed by atoms with van der Waals surface area (Å²) < 4.78 is 4.61. The molecule has 5 N–H and O–H groups in total. The maximum absolute atomic E-state index is 12.2. The average Bonchev–Trinajstić information content (AvgIpc) is 3.50. The zero-order chi connectivity index (χ0) is 30.7. The Labute approximate surface area is 253 Å². The van der Waals surface area contributed by atoms with Crippen LogP contribution in [-0.2, 0) is 40.3 Å². The van der Waals surface area contributed by atoms with E-state index in [1.807, 2.05) is 60.7 Å². The second kappa shape index (κ2) is 12.9. The van der Waals surface area contributed by atoms with E-state index in [9.17, 15) is 19.2 Å². The van der Waals surface area contributed by atoms with Crippen LogP contribution in [0.1, 0.15) is 52.3 Å². The highest BCUT2D eigenvalue weighted by Gasteiger charge is 2.34. The fourth-order valence-electron chi connectivity index (χ4n) is 4.63. The van der Waals surface area contributed by atoms with Gasteiger partial charge in [0.15, 0.2) is 0 Å². The van der Waals surface area contributed by atoms with Crippen molar-refractivity contribution < 1.29 is 30.4 Å². The van der Waals surface area contributed by atoms with E-state index in [2.05, 4.69) is 24.7 Å². The number of nitrogen functional groups attached to an aromatic ring is 2. The number of hydrogen-bond acceptors (Lipinski definition) is 11. The van der Waals surface area contributed by atoms with Crippen molar-refractivity contribution in [1.29, 1.82) is 0 Å². The number of aromatic carboxylic acids is 1. The van der Waals surface area contributed by atoms with Gasteiger partial charge in [0.1, 0.15) is 23.3 Å². The predicted octanol–water partition coefficient (Wildman–Crippen LogP) is 2.53. The summed E-state index contributed by atoms with van der Waals surface area (Å²) in [6.45, 7) is 0.686. The monoisotopic (exact) mass is 599 g/mol. The van der Waals surface area contributed by atoms with Crippen molar-refractivity contribution >= 4 is 47.0 Å². The molecule has 4 aromatic rings. The summed E-state index contributed by atoms with van der Waals surface area (Å²) in [6, 6.07) is 18.9. The number of aromatic nitrogens is 4. The minimum absolute atomic E-state index is 0. The lowest BCUT2D eigenvalue weighted by atomic mass is 10.2. The molecule has 0 bridgehead atoms. The highest BCUT2D eigenvalue weighted by atomic mass is 16.5. The van der Waals surface area contributed by atoms with Crippen LogP contribution < -0.4 is 21.3 Å². The molecule has 0 unspecified atom stereocenters. The van der Waals surface area contributed by atoms with E-state index in [4.69, 9.17) is 16.6 Å². The lowest BCUT2D eigenvalue weighted by molar-refractivity contribution is -0.118. The molecule has 0 aliphatic carbocycles. The zero-order valence-electron chi connectivity index (χ0n) is 23.9. The molecule has 0 spiro atoms. The van der Waals surface area contributed by atoms with Crippen LogP contribution in [0.25, 0.3) is 0 Å². The number of carbonyl (C=O) groups excluding carboxylic acids is 3. The molecule has 6 rings (SSSR count). The molecule has 14 heteroatoms. The summed E-state index contributed by atoms with van der Waals surface area (Å²) in [5.41, 5.74) is 14.5. The molecule has 2 aliphatic heterocycles. The number of methoxy groups -OCH3 is 1. The predicted molar refractivity (Wildman–Crippen MR) is 162 cm³/mol. The second-order valence-corrected chi connectivity index (χ2v) is 9.55. The number of benzene rings is 2. The van der Waals surface area contributed by atoms with Gasteiger partial charge in [-0.2, -0.15) is 0 Å². The third-order valence-electron chi connectivity index (χ3n) is 6.73. The Kier molecular flexibility index (Phi) is 9.12. The Balaban J connectivity index is 0.000000235. The summed E-state index contributed by atoms with van der Waals surface area (Å²) in [6.07, 6.45) is 0.226. The molecule has 0 radical (unpaired) electrons. The van der Waals surface area contributed by atoms with E-state index in [1.54, 1.807) is 0 Å². The van der Waals surface area contributed by atoms with E-state index in [0.717, 1.165) is 11.1 Å². The third kappa shape index (κ3) is 6.28. The van der Waals surface area contributed by atoms with E-state index < -0.39 is 17.8 Å². The molecule has 0 atom stereocenters. The topological polar surface area (TPSA) is 208 Å². The summed E-state index contributed by atoms with van der Waals surface area (Å²) in [7, 11) is 1.24. The number of carboxylic acid groups (broad SMARTS) is 1. The number of rotatable bonds is 6. The van der Waals surface area contributed by atoms with Crippen LogP contribution in [0, 0.1) is 0 Å². The zero-order valence-corrected chi connectivity index (χ0v) is 22.9. The molecule has 44 heavy (non-hydrogen) atoms. The van der Waals surface area contributed by atoms with Gasteiger partial charge in [-0.15, -0.1) is 0 Å². The fourth-order valence-corrected chi connectivity index (χ4v) is 4.63. The first-order valence-corrected chi connectivity index (χ1v) is 13.0. The number of carboxylic acids is 1. The lowest BCUT2D eigenvalue weighted by Gasteiger charge is -2.17. The van der Waals surface area contributed by atoms with Crippen LogP contribution in [0.2, 0.25) is 0 Å². The molecule has 2 aliphatic rings. The van der Waals surface area contributed by atoms with Gasteiger partial charge in [-0.1, -0.05) is 68.1 Å². The van der Waals surface area contributed by atoms with E-state index >= 15 is 0 Å². The molecule has 228 valence electrons. The van der Waals surface area contributed by atoms with Crippen molar-refractivity contribution in [3.8, 4) is 0 Å². The number of ether oxygens (including phenoxy) is 1. The summed E-state index contributed by atoms with van der Waals surface area (Å²) >= 11 is 0. The van der Waals surface area contributed by atoms with Gasteiger partial charge in [-0.3, -0.25) is 19.4 Å². The molecule has 0 saturated carbocycles. The molecule has 2 aromatic heterocycles. The number of hydrogen-bond donors (Lipinski definition) is 3. The van der Waals surface area contributed by atoms with Crippen LogP contribution >= 0.6 is 0 Å². The summed E-state index contributed by atoms with van der Waals surface area (Å²) in [4.78, 5) is 65.6. The molecule has 4 heterocycles. The fraction of sp³-hybridized carbons (Fsp3) is 0.200. The first-order valence-electron chi connectivity index (χ1n) is 13.0. The highest BCUT2D eigenvalue weighted by molar-refractivity contribution is 6.03. The second-order valence-electron chi connectivity index (χ2n) is 9.55. The first-order chi connectivity index (χ1) is 20.7. The van der Waals surface area contributed by atoms with Crippen molar-refractivity contribution in [2.24, 2.45) is 0 Å². The van der Waals surface area contributed by atoms with Crippen LogP contribution in [-0.4, -0.2) is 55.9 Å². The quantitative estimate of drug-likeness (QED) is 0.273. The standard InChI is InChI=1S/C15H14N4O3.C14H12N4O3.CH4.H/c1-22-15(21)13-17-12(16)10-7-11(20)19(14(10)18-13)8-9-5-3-2-4-6-9;15-11-9-6-10(19)18(7-8-4-2-1-3-5-8)13(9)17-12(16-11)14(20)21;;/h2-6H,7-8H2,1H3,(H2,16,17,18);1-5H,6-7H2,(H,20,21)(H2,15,16,17);1H4;/q;;;-1. The molecule has 2 aromatic carbocycles. The lowest BCUT2D eigenvalue weighted by Crippen LogP contribution is -2.27. The van der Waals surface area contributed by atoms with Gasteiger partial charge in [0.05, 0.1) is 33.0 Å². The molecule has 14 nitrogen and oxygen atoms in total. The highest BCUT2D eigenvalue weighted by Crippen LogP contribution is 2.33. The van der Waals surface area contributed by atoms with Crippen LogP contribution in [0.15, 0.2) is 60.7 Å². The SMILES string of the molecule is C.COC(=O)c1nc(N)c2c(n1)N(Cc1ccccc1)C(=O)C2.Nc1nc(C(=O)O)nc2c1CC(=O)N2Cc1ccccc1.[H-]. The molecule has 0 fully saturated rings. The van der Waals surface area contributed by atoms with Crippen molar-refractivity contribution in [3.63, 3.8) is 0 Å². The van der Waals surface area contributed by atoms with Gasteiger partial charge in [-0.25, -0.2) is 29.5 Å². The number of carbonyl (C=O) groups is 4. The average molecular weight is 600 g/mol. The number of nitrogens with zero attached hydrogens (tertiary/aromatic N) is 6. The van der Waals surface area contributed by atoms with Crippen LogP contribution in [0.5, 0.6) is 0 Å². The molecule has 2 amide bonds. The van der Waals surface area contributed by atoms with E-state index in [0.29, 0.717) is 30.0 Å².